The highest BCUT2D eigenvalue weighted by molar-refractivity contribution is 7.90. The molecule has 11 nitrogen and oxygen atoms in total. The van der Waals surface area contributed by atoms with E-state index < -0.39 is 40.0 Å². The fourth-order valence-corrected chi connectivity index (χ4v) is 7.52. The standard InChI is InChI=1S/C36H36ClFN6O5S/c1-36(2,3)49-35(46)42-24-15-13-22(14-16-24)33(45)40-25-17-23(38)18-26(19-25)41-34-39-20-30(37)32(43-34)29-21-44(31-12-8-7-11-28(29)31)50(47,48)27-9-5-4-6-10-27/h4-16,20-21,23,25-26H,17-19H2,1-3H3,(H,40,45)(H,42,46)(H,39,41,43). The van der Waals surface area contributed by atoms with Gasteiger partial charge in [0.1, 0.15) is 11.8 Å². The van der Waals surface area contributed by atoms with Gasteiger partial charge < -0.3 is 15.4 Å². The average molecular weight is 719 g/mol. The largest absolute Gasteiger partial charge is 0.444 e. The Labute approximate surface area is 294 Å². The predicted molar refractivity (Wildman–Crippen MR) is 191 cm³/mol. The van der Waals surface area contributed by atoms with Gasteiger partial charge in [-0.15, -0.1) is 0 Å². The molecule has 0 radical (unpaired) electrons. The molecule has 0 spiro atoms. The molecule has 1 saturated carbocycles. The van der Waals surface area contributed by atoms with E-state index in [4.69, 9.17) is 16.3 Å². The highest BCUT2D eigenvalue weighted by Gasteiger charge is 2.31. The van der Waals surface area contributed by atoms with E-state index in [1.807, 2.05) is 0 Å². The van der Waals surface area contributed by atoms with E-state index in [-0.39, 0.29) is 34.6 Å². The molecule has 3 aromatic carbocycles. The second kappa shape index (κ2) is 14.1. The van der Waals surface area contributed by atoms with E-state index in [0.29, 0.717) is 39.8 Å². The van der Waals surface area contributed by atoms with E-state index in [0.717, 1.165) is 0 Å². The zero-order valence-electron chi connectivity index (χ0n) is 27.6. The van der Waals surface area contributed by atoms with Crippen molar-refractivity contribution in [2.24, 2.45) is 0 Å². The first-order chi connectivity index (χ1) is 23.8. The van der Waals surface area contributed by atoms with E-state index >= 15 is 4.39 Å². The van der Waals surface area contributed by atoms with Crippen molar-refractivity contribution < 1.29 is 27.1 Å². The lowest BCUT2D eigenvalue weighted by atomic mass is 9.89. The number of carbonyl (C=O) groups excluding carboxylic acids is 2. The molecule has 2 aromatic heterocycles. The van der Waals surface area contributed by atoms with Crippen LogP contribution in [0.4, 0.5) is 20.8 Å². The van der Waals surface area contributed by atoms with Crippen LogP contribution in [0.5, 0.6) is 0 Å². The van der Waals surface area contributed by atoms with Gasteiger partial charge in [-0.25, -0.2) is 31.5 Å². The number of benzene rings is 3. The average Bonchev–Trinajstić information content (AvgIpc) is 3.46. The monoisotopic (exact) mass is 718 g/mol. The second-order valence-corrected chi connectivity index (χ2v) is 15.3. The van der Waals surface area contributed by atoms with Gasteiger partial charge in [0.2, 0.25) is 5.95 Å². The van der Waals surface area contributed by atoms with Crippen molar-refractivity contribution >= 4 is 56.2 Å². The zero-order valence-corrected chi connectivity index (χ0v) is 29.1. The molecule has 5 aromatic rings. The maximum atomic E-state index is 15.0. The molecule has 0 bridgehead atoms. The number of amides is 2. The number of anilines is 2. The highest BCUT2D eigenvalue weighted by atomic mass is 35.5. The van der Waals surface area contributed by atoms with Gasteiger partial charge in [0.05, 0.1) is 27.3 Å². The van der Waals surface area contributed by atoms with Gasteiger partial charge in [-0.2, -0.15) is 0 Å². The Hall–Kier alpha value is -5.01. The van der Waals surface area contributed by atoms with E-state index in [1.54, 1.807) is 87.5 Å². The fraction of sp³-hybridized carbons (Fsp3) is 0.278. The summed E-state index contributed by atoms with van der Waals surface area (Å²) in [6.07, 6.45) is 1.83. The van der Waals surface area contributed by atoms with E-state index in [9.17, 15) is 18.0 Å². The zero-order chi connectivity index (χ0) is 35.6. The van der Waals surface area contributed by atoms with Crippen molar-refractivity contribution in [1.29, 1.82) is 0 Å². The van der Waals surface area contributed by atoms with Gasteiger partial charge in [-0.05, 0) is 82.5 Å². The molecular formula is C36H36ClFN6O5S. The molecule has 3 atom stereocenters. The summed E-state index contributed by atoms with van der Waals surface area (Å²) >= 11 is 6.59. The van der Waals surface area contributed by atoms with Crippen LogP contribution < -0.4 is 16.0 Å². The lowest BCUT2D eigenvalue weighted by Gasteiger charge is -2.32. The molecule has 14 heteroatoms. The molecule has 50 heavy (non-hydrogen) atoms. The van der Waals surface area contributed by atoms with Gasteiger partial charge in [0, 0.05) is 40.5 Å². The summed E-state index contributed by atoms with van der Waals surface area (Å²) in [4.78, 5) is 34.2. The molecule has 2 amide bonds. The molecule has 1 aliphatic rings. The third-order valence-corrected chi connectivity index (χ3v) is 10.1. The maximum absolute atomic E-state index is 15.0. The fourth-order valence-electron chi connectivity index (χ4n) is 5.93. The first kappa shape index (κ1) is 34.8. The topological polar surface area (TPSA) is 144 Å². The third kappa shape index (κ3) is 7.89. The Morgan fingerprint density at radius 2 is 1.62 bits per heavy atom. The van der Waals surface area contributed by atoms with Crippen LogP contribution in [0.3, 0.4) is 0 Å². The van der Waals surface area contributed by atoms with Crippen LogP contribution in [-0.2, 0) is 14.8 Å². The molecule has 0 aliphatic heterocycles. The summed E-state index contributed by atoms with van der Waals surface area (Å²) in [6, 6.07) is 20.6. The lowest BCUT2D eigenvalue weighted by Crippen LogP contribution is -2.45. The van der Waals surface area contributed by atoms with E-state index in [1.165, 1.54) is 28.5 Å². The number of hydrogen-bond donors (Lipinski definition) is 3. The Kier molecular flexibility index (Phi) is 9.81. The Bertz CT molecular complexity index is 2140. The number of rotatable bonds is 8. The molecule has 260 valence electrons. The number of halogens is 2. The smallest absolute Gasteiger partial charge is 0.412 e. The summed E-state index contributed by atoms with van der Waals surface area (Å²) in [7, 11) is -3.94. The summed E-state index contributed by atoms with van der Waals surface area (Å²) in [5.74, 6) is -0.192. The first-order valence-electron chi connectivity index (χ1n) is 16.0. The highest BCUT2D eigenvalue weighted by Crippen LogP contribution is 2.36. The van der Waals surface area contributed by atoms with Gasteiger partial charge in [-0.3, -0.25) is 10.1 Å². The van der Waals surface area contributed by atoms with Crippen molar-refractivity contribution in [3.63, 3.8) is 0 Å². The van der Waals surface area contributed by atoms with Gasteiger partial charge in [0.15, 0.2) is 0 Å². The van der Waals surface area contributed by atoms with Crippen LogP contribution in [-0.4, -0.2) is 58.2 Å². The molecule has 3 N–H and O–H groups in total. The summed E-state index contributed by atoms with van der Waals surface area (Å²) in [6.45, 7) is 5.28. The van der Waals surface area contributed by atoms with Crippen LogP contribution in [0.25, 0.3) is 22.2 Å². The van der Waals surface area contributed by atoms with Crippen LogP contribution in [0, 0.1) is 0 Å². The number of fused-ring (bicyclic) bond motifs is 1. The van der Waals surface area contributed by atoms with Gasteiger partial charge in [0.25, 0.3) is 15.9 Å². The SMILES string of the molecule is CC(C)(C)OC(=O)Nc1ccc(C(=O)NC2CC(F)CC(Nc3ncc(Cl)c(-c4cn(S(=O)(=O)c5ccccc5)c5ccccc45)n3)C2)cc1. The van der Waals surface area contributed by atoms with Gasteiger partial charge in [-0.1, -0.05) is 48.0 Å². The Morgan fingerprint density at radius 1 is 0.940 bits per heavy atom. The molecule has 0 saturated heterocycles. The maximum Gasteiger partial charge on any atom is 0.412 e. The molecular weight excluding hydrogens is 683 g/mol. The normalized spacial score (nSPS) is 18.0. The van der Waals surface area contributed by atoms with Crippen LogP contribution >= 0.6 is 11.6 Å². The van der Waals surface area contributed by atoms with Crippen molar-refractivity contribution in [2.75, 3.05) is 10.6 Å². The number of hydrogen-bond acceptors (Lipinski definition) is 8. The number of nitrogens with zero attached hydrogens (tertiary/aromatic N) is 3. The molecule has 2 heterocycles. The second-order valence-electron chi connectivity index (χ2n) is 13.1. The number of ether oxygens (including phenoxy) is 1. The minimum absolute atomic E-state index is 0.135. The third-order valence-electron chi connectivity index (χ3n) is 8.09. The molecule has 3 unspecified atom stereocenters. The van der Waals surface area contributed by atoms with Crippen molar-refractivity contribution in [3.05, 3.63) is 102 Å². The molecule has 1 aliphatic carbocycles. The Morgan fingerprint density at radius 3 is 2.34 bits per heavy atom. The summed E-state index contributed by atoms with van der Waals surface area (Å²) < 4.78 is 48.7. The number of nitrogens with one attached hydrogen (secondary N) is 3. The van der Waals surface area contributed by atoms with Gasteiger partial charge >= 0.3 is 6.09 Å². The Balaban J connectivity index is 1.17. The quantitative estimate of drug-likeness (QED) is 0.150. The van der Waals surface area contributed by atoms with Crippen LogP contribution in [0.15, 0.2) is 96.2 Å². The number of alkyl halides is 1. The van der Waals surface area contributed by atoms with Crippen molar-refractivity contribution in [3.8, 4) is 11.3 Å². The van der Waals surface area contributed by atoms with Crippen LogP contribution in [0.1, 0.15) is 50.4 Å². The number of aromatic nitrogens is 3. The lowest BCUT2D eigenvalue weighted by molar-refractivity contribution is 0.0635. The number of carbonyl (C=O) groups is 2. The van der Waals surface area contributed by atoms with Crippen LogP contribution in [0.2, 0.25) is 5.02 Å². The molecule has 6 rings (SSSR count). The summed E-state index contributed by atoms with van der Waals surface area (Å²) in [5.41, 5.74) is 1.42. The van der Waals surface area contributed by atoms with Crippen molar-refractivity contribution in [2.45, 2.75) is 68.8 Å². The van der Waals surface area contributed by atoms with E-state index in [2.05, 4.69) is 25.9 Å². The predicted octanol–water partition coefficient (Wildman–Crippen LogP) is 7.44. The number of para-hydroxylation sites is 1. The van der Waals surface area contributed by atoms with Crippen molar-refractivity contribution in [1.82, 2.24) is 19.3 Å². The summed E-state index contributed by atoms with van der Waals surface area (Å²) in [5, 5.41) is 9.56. The minimum Gasteiger partial charge on any atom is -0.444 e. The molecule has 1 fully saturated rings. The first-order valence-corrected chi connectivity index (χ1v) is 17.8. The minimum atomic E-state index is -3.94.